The highest BCUT2D eigenvalue weighted by Crippen LogP contribution is 2.23. The fourth-order valence-electron chi connectivity index (χ4n) is 3.69. The van der Waals surface area contributed by atoms with Crippen molar-refractivity contribution in [3.8, 4) is 0 Å². The van der Waals surface area contributed by atoms with E-state index in [4.69, 9.17) is 4.74 Å². The number of amides is 1. The molecular weight excluding hydrogens is 390 g/mol. The second-order valence-electron chi connectivity index (χ2n) is 8.12. The maximum Gasteiger partial charge on any atom is 0.243 e. The number of benzene rings is 2. The Morgan fingerprint density at radius 3 is 2.68 bits per heavy atom. The van der Waals surface area contributed by atoms with Gasteiger partial charge < -0.3 is 20.3 Å². The molecule has 7 nitrogen and oxygen atoms in total. The number of ether oxygens (including phenoxy) is 1. The van der Waals surface area contributed by atoms with E-state index in [0.29, 0.717) is 5.96 Å². The normalized spacial score (nSPS) is 16.2. The molecule has 2 N–H and O–H groups in total. The number of hydrogen-bond acceptors (Lipinski definition) is 4. The summed E-state index contributed by atoms with van der Waals surface area (Å²) in [4.78, 5) is 20.6. The maximum absolute atomic E-state index is 12.1. The summed E-state index contributed by atoms with van der Waals surface area (Å²) >= 11 is 0. The van der Waals surface area contributed by atoms with E-state index in [9.17, 15) is 4.79 Å². The Morgan fingerprint density at radius 1 is 1.16 bits per heavy atom. The topological polar surface area (TPSA) is 69.2 Å². The molecule has 1 heterocycles. The number of carbonyl (C=O) groups is 1. The first-order valence-corrected chi connectivity index (χ1v) is 11.1. The van der Waals surface area contributed by atoms with Crippen LogP contribution in [0.15, 0.2) is 47.5 Å². The smallest absolute Gasteiger partial charge is 0.243 e. The van der Waals surface area contributed by atoms with Crippen LogP contribution >= 0.6 is 0 Å². The third kappa shape index (κ3) is 6.94. The van der Waals surface area contributed by atoms with Gasteiger partial charge in [-0.15, -0.1) is 0 Å². The molecule has 31 heavy (non-hydrogen) atoms. The van der Waals surface area contributed by atoms with Crippen molar-refractivity contribution in [2.45, 2.75) is 19.4 Å². The van der Waals surface area contributed by atoms with Crippen molar-refractivity contribution in [2.75, 3.05) is 60.0 Å². The Morgan fingerprint density at radius 2 is 1.90 bits per heavy atom. The molecule has 1 fully saturated rings. The number of nitrogens with one attached hydrogen (secondary N) is 2. The van der Waals surface area contributed by atoms with Crippen molar-refractivity contribution >= 4 is 22.6 Å². The Labute approximate surface area is 185 Å². The zero-order valence-electron chi connectivity index (χ0n) is 18.9. The summed E-state index contributed by atoms with van der Waals surface area (Å²) in [7, 11) is 3.50. The van der Waals surface area contributed by atoms with Gasteiger partial charge in [0.05, 0.1) is 19.3 Å². The molecule has 0 aliphatic carbocycles. The molecule has 2 aromatic carbocycles. The number of guanidine groups is 1. The summed E-state index contributed by atoms with van der Waals surface area (Å²) in [5, 5.41) is 9.34. The molecular formula is C24H35N5O2. The van der Waals surface area contributed by atoms with Gasteiger partial charge in [0.2, 0.25) is 5.91 Å². The first kappa shape index (κ1) is 23.0. The molecule has 1 unspecified atom stereocenters. The molecule has 1 saturated heterocycles. The number of fused-ring (bicyclic) bond motifs is 1. The minimum absolute atomic E-state index is 0.0211. The van der Waals surface area contributed by atoms with Crippen molar-refractivity contribution in [3.05, 3.63) is 48.0 Å². The van der Waals surface area contributed by atoms with Gasteiger partial charge in [-0.3, -0.25) is 9.69 Å². The van der Waals surface area contributed by atoms with E-state index < -0.39 is 0 Å². The predicted molar refractivity (Wildman–Crippen MR) is 126 cm³/mol. The van der Waals surface area contributed by atoms with Gasteiger partial charge in [-0.25, -0.2) is 4.99 Å². The summed E-state index contributed by atoms with van der Waals surface area (Å²) in [5.41, 5.74) is 1.21. The van der Waals surface area contributed by atoms with Crippen LogP contribution < -0.4 is 10.6 Å². The average Bonchev–Trinajstić information content (AvgIpc) is 2.79. The summed E-state index contributed by atoms with van der Waals surface area (Å²) in [6, 6.07) is 14.8. The third-order valence-corrected chi connectivity index (χ3v) is 5.56. The van der Waals surface area contributed by atoms with Crippen molar-refractivity contribution in [3.63, 3.8) is 0 Å². The number of rotatable bonds is 8. The molecule has 1 aliphatic heterocycles. The molecule has 1 amide bonds. The Balaban J connectivity index is 1.63. The quantitative estimate of drug-likeness (QED) is 0.386. The average molecular weight is 426 g/mol. The molecule has 1 aliphatic rings. The van der Waals surface area contributed by atoms with Gasteiger partial charge in [-0.2, -0.15) is 0 Å². The molecule has 7 heteroatoms. The Kier molecular flexibility index (Phi) is 8.67. The second-order valence-corrected chi connectivity index (χ2v) is 8.12. The molecule has 1 atom stereocenters. The first-order chi connectivity index (χ1) is 15.0. The van der Waals surface area contributed by atoms with Crippen LogP contribution in [-0.2, 0) is 9.53 Å². The standard InChI is InChI=1S/C24H35N5O2/c1-19(21-11-6-9-20-8-4-5-10-22(20)21)27-24(26-18-23(30)28(2)3)25-12-7-13-29-14-16-31-17-15-29/h4-6,8-11,19H,7,12-18H2,1-3H3,(H2,25,26,27). The Bertz CT molecular complexity index is 872. The first-order valence-electron chi connectivity index (χ1n) is 11.1. The lowest BCUT2D eigenvalue weighted by molar-refractivity contribution is -0.127. The van der Waals surface area contributed by atoms with Crippen LogP contribution in [-0.4, -0.2) is 81.7 Å². The lowest BCUT2D eigenvalue weighted by Crippen LogP contribution is -2.42. The summed E-state index contributed by atoms with van der Waals surface area (Å²) in [6.45, 7) is 7.69. The number of nitrogens with zero attached hydrogens (tertiary/aromatic N) is 3. The molecule has 0 bridgehead atoms. The molecule has 0 radical (unpaired) electrons. The van der Waals surface area contributed by atoms with Gasteiger partial charge in [-0.1, -0.05) is 42.5 Å². The molecule has 168 valence electrons. The van der Waals surface area contributed by atoms with E-state index in [1.807, 2.05) is 0 Å². The minimum atomic E-state index is -0.0211. The van der Waals surface area contributed by atoms with Crippen LogP contribution in [0, 0.1) is 0 Å². The van der Waals surface area contributed by atoms with Crippen LogP contribution in [0.2, 0.25) is 0 Å². The maximum atomic E-state index is 12.1. The van der Waals surface area contributed by atoms with E-state index in [1.165, 1.54) is 16.3 Å². The number of hydrogen-bond donors (Lipinski definition) is 2. The fourth-order valence-corrected chi connectivity index (χ4v) is 3.69. The van der Waals surface area contributed by atoms with Crippen LogP contribution in [0.25, 0.3) is 10.8 Å². The van der Waals surface area contributed by atoms with Gasteiger partial charge >= 0.3 is 0 Å². The van der Waals surface area contributed by atoms with Crippen molar-refractivity contribution < 1.29 is 9.53 Å². The van der Waals surface area contributed by atoms with E-state index in [1.54, 1.807) is 19.0 Å². The monoisotopic (exact) mass is 425 g/mol. The van der Waals surface area contributed by atoms with Gasteiger partial charge in [-0.05, 0) is 36.2 Å². The summed E-state index contributed by atoms with van der Waals surface area (Å²) in [6.07, 6.45) is 1.00. The highest BCUT2D eigenvalue weighted by Gasteiger charge is 2.13. The number of morpholine rings is 1. The molecule has 2 aromatic rings. The van der Waals surface area contributed by atoms with E-state index in [-0.39, 0.29) is 18.5 Å². The predicted octanol–water partition coefficient (Wildman–Crippen LogP) is 2.25. The van der Waals surface area contributed by atoms with Crippen molar-refractivity contribution in [1.82, 2.24) is 20.4 Å². The van der Waals surface area contributed by atoms with Gasteiger partial charge in [0.15, 0.2) is 5.96 Å². The lowest BCUT2D eigenvalue weighted by atomic mass is 10.00. The summed E-state index contributed by atoms with van der Waals surface area (Å²) < 4.78 is 5.41. The van der Waals surface area contributed by atoms with Crippen LogP contribution in [0.5, 0.6) is 0 Å². The van der Waals surface area contributed by atoms with E-state index in [0.717, 1.165) is 45.8 Å². The van der Waals surface area contributed by atoms with E-state index in [2.05, 4.69) is 69.9 Å². The molecule has 3 rings (SSSR count). The van der Waals surface area contributed by atoms with Crippen LogP contribution in [0.4, 0.5) is 0 Å². The third-order valence-electron chi connectivity index (χ3n) is 5.56. The number of likely N-dealkylation sites (N-methyl/N-ethyl adjacent to an activating group) is 1. The number of aliphatic imine (C=N–C) groups is 1. The van der Waals surface area contributed by atoms with E-state index >= 15 is 0 Å². The second kappa shape index (κ2) is 11.7. The number of carbonyl (C=O) groups excluding carboxylic acids is 1. The largest absolute Gasteiger partial charge is 0.379 e. The minimum Gasteiger partial charge on any atom is -0.379 e. The van der Waals surface area contributed by atoms with Crippen LogP contribution in [0.3, 0.4) is 0 Å². The molecule has 0 spiro atoms. The van der Waals surface area contributed by atoms with Gasteiger partial charge in [0, 0.05) is 33.7 Å². The molecule has 0 saturated carbocycles. The van der Waals surface area contributed by atoms with Crippen molar-refractivity contribution in [2.24, 2.45) is 4.99 Å². The highest BCUT2D eigenvalue weighted by atomic mass is 16.5. The fraction of sp³-hybridized carbons (Fsp3) is 0.500. The highest BCUT2D eigenvalue weighted by molar-refractivity contribution is 5.88. The zero-order valence-corrected chi connectivity index (χ0v) is 18.9. The van der Waals surface area contributed by atoms with Crippen molar-refractivity contribution in [1.29, 1.82) is 0 Å². The Hall–Kier alpha value is -2.64. The van der Waals surface area contributed by atoms with Gasteiger partial charge in [0.1, 0.15) is 6.54 Å². The lowest BCUT2D eigenvalue weighted by Gasteiger charge is -2.26. The molecule has 0 aromatic heterocycles. The zero-order chi connectivity index (χ0) is 22.1. The SMILES string of the molecule is CC(NC(=NCC(=O)N(C)C)NCCCN1CCOCC1)c1cccc2ccccc12. The van der Waals surface area contributed by atoms with Gasteiger partial charge in [0.25, 0.3) is 0 Å². The summed E-state index contributed by atoms with van der Waals surface area (Å²) in [5.74, 6) is 0.643. The van der Waals surface area contributed by atoms with Crippen LogP contribution in [0.1, 0.15) is 24.9 Å².